The van der Waals surface area contributed by atoms with Crippen LogP contribution in [-0.4, -0.2) is 33.8 Å². The smallest absolute Gasteiger partial charge is 0.337 e. The summed E-state index contributed by atoms with van der Waals surface area (Å²) in [6, 6.07) is 12.7. The Hall–Kier alpha value is -2.42. The molecule has 4 nitrogen and oxygen atoms in total. The summed E-state index contributed by atoms with van der Waals surface area (Å²) in [7, 11) is 0. The maximum Gasteiger partial charge on any atom is 0.416 e. The molecule has 0 radical (unpaired) electrons. The summed E-state index contributed by atoms with van der Waals surface area (Å²) in [5.41, 5.74) is 1.31. The zero-order chi connectivity index (χ0) is 23.4. The van der Waals surface area contributed by atoms with E-state index in [1.165, 1.54) is 23.5 Å². The van der Waals surface area contributed by atoms with Crippen molar-refractivity contribution >= 4 is 28.8 Å². The summed E-state index contributed by atoms with van der Waals surface area (Å²) in [5, 5.41) is 3.13. The number of alkyl halides is 3. The number of hydrogen-bond acceptors (Lipinski definition) is 4. The van der Waals surface area contributed by atoms with Crippen molar-refractivity contribution in [3.63, 3.8) is 0 Å². The van der Waals surface area contributed by atoms with Gasteiger partial charge in [0.05, 0.1) is 12.1 Å². The molecule has 1 aliphatic rings. The van der Waals surface area contributed by atoms with Crippen LogP contribution in [0.25, 0.3) is 0 Å². The minimum atomic E-state index is -4.39. The van der Waals surface area contributed by atoms with Crippen molar-refractivity contribution in [3.8, 4) is 0 Å². The third-order valence-corrected chi connectivity index (χ3v) is 6.59. The van der Waals surface area contributed by atoms with Crippen LogP contribution in [0.2, 0.25) is 5.02 Å². The highest BCUT2D eigenvalue weighted by molar-refractivity contribution is 7.09. The van der Waals surface area contributed by atoms with Crippen molar-refractivity contribution in [2.45, 2.75) is 38.7 Å². The molecule has 174 valence electrons. The lowest BCUT2D eigenvalue weighted by Gasteiger charge is -2.22. The molecule has 3 aromatic rings. The van der Waals surface area contributed by atoms with E-state index in [1.807, 2.05) is 21.9 Å². The number of thiazole rings is 1. The van der Waals surface area contributed by atoms with Gasteiger partial charge in [-0.15, -0.1) is 11.3 Å². The van der Waals surface area contributed by atoms with Crippen molar-refractivity contribution in [2.75, 3.05) is 13.1 Å². The SMILES string of the molecule is O=C(c1csc(CN(Cc2ccc(Cl)cc2)Cc2cccc(C(F)(F)F)c2)n1)N1CCCC1. The molecule has 1 amide bonds. The highest BCUT2D eigenvalue weighted by Crippen LogP contribution is 2.30. The molecule has 9 heteroatoms. The fourth-order valence-corrected chi connectivity index (χ4v) is 4.81. The minimum absolute atomic E-state index is 0.0582. The number of halogens is 4. The van der Waals surface area contributed by atoms with E-state index in [0.717, 1.165) is 42.6 Å². The maximum atomic E-state index is 13.2. The molecule has 1 aliphatic heterocycles. The summed E-state index contributed by atoms with van der Waals surface area (Å²) in [5.74, 6) is -0.0582. The highest BCUT2D eigenvalue weighted by Gasteiger charge is 2.30. The first-order chi connectivity index (χ1) is 15.8. The predicted octanol–water partition coefficient (Wildman–Crippen LogP) is 6.25. The van der Waals surface area contributed by atoms with E-state index in [9.17, 15) is 18.0 Å². The lowest BCUT2D eigenvalue weighted by Crippen LogP contribution is -2.28. The van der Waals surface area contributed by atoms with Crippen LogP contribution in [-0.2, 0) is 25.8 Å². The van der Waals surface area contributed by atoms with Crippen molar-refractivity contribution in [3.05, 3.63) is 86.3 Å². The van der Waals surface area contributed by atoms with Crippen LogP contribution in [0.15, 0.2) is 53.9 Å². The lowest BCUT2D eigenvalue weighted by molar-refractivity contribution is -0.137. The number of likely N-dealkylation sites (tertiary alicyclic amines) is 1. The van der Waals surface area contributed by atoms with Gasteiger partial charge in [0.2, 0.25) is 0 Å². The number of carbonyl (C=O) groups is 1. The fourth-order valence-electron chi connectivity index (χ4n) is 3.88. The Morgan fingerprint density at radius 2 is 1.73 bits per heavy atom. The fraction of sp³-hybridized carbons (Fsp3) is 0.333. The van der Waals surface area contributed by atoms with E-state index >= 15 is 0 Å². The molecule has 0 bridgehead atoms. The van der Waals surface area contributed by atoms with Crippen molar-refractivity contribution in [1.29, 1.82) is 0 Å². The monoisotopic (exact) mass is 493 g/mol. The zero-order valence-corrected chi connectivity index (χ0v) is 19.4. The Bertz CT molecular complexity index is 1090. The molecule has 2 aromatic carbocycles. The topological polar surface area (TPSA) is 36.4 Å². The van der Waals surface area contributed by atoms with E-state index in [1.54, 1.807) is 23.6 Å². The second-order valence-corrected chi connectivity index (χ2v) is 9.47. The molecular formula is C24H23ClF3N3OS. The molecule has 0 aliphatic carbocycles. The average Bonchev–Trinajstić information content (AvgIpc) is 3.47. The van der Waals surface area contributed by atoms with Gasteiger partial charge in [0.15, 0.2) is 0 Å². The van der Waals surface area contributed by atoms with Crippen LogP contribution in [0, 0.1) is 0 Å². The van der Waals surface area contributed by atoms with Crippen LogP contribution < -0.4 is 0 Å². The Morgan fingerprint density at radius 1 is 1.03 bits per heavy atom. The molecular weight excluding hydrogens is 471 g/mol. The van der Waals surface area contributed by atoms with E-state index in [2.05, 4.69) is 4.98 Å². The predicted molar refractivity (Wildman–Crippen MR) is 123 cm³/mol. The van der Waals surface area contributed by atoms with Gasteiger partial charge in [0, 0.05) is 36.6 Å². The first kappa shape index (κ1) is 23.7. The van der Waals surface area contributed by atoms with Crippen LogP contribution in [0.1, 0.15) is 45.0 Å². The van der Waals surface area contributed by atoms with E-state index < -0.39 is 11.7 Å². The van der Waals surface area contributed by atoms with Gasteiger partial charge in [-0.25, -0.2) is 4.98 Å². The van der Waals surface area contributed by atoms with E-state index in [0.29, 0.717) is 35.9 Å². The van der Waals surface area contributed by atoms with Crippen molar-refractivity contribution in [1.82, 2.24) is 14.8 Å². The molecule has 4 rings (SSSR count). The van der Waals surface area contributed by atoms with Gasteiger partial charge in [0.1, 0.15) is 10.7 Å². The summed E-state index contributed by atoms with van der Waals surface area (Å²) in [4.78, 5) is 21.0. The standard InChI is InChI=1S/C24H23ClF3N3OS/c25-20-8-6-17(7-9-20)13-30(14-18-4-3-5-19(12-18)24(26,27)28)15-22-29-21(16-33-22)23(32)31-10-1-2-11-31/h3-9,12,16H,1-2,10-11,13-15H2. The number of benzene rings is 2. The van der Waals surface area contributed by atoms with Crippen LogP contribution in [0.5, 0.6) is 0 Å². The van der Waals surface area contributed by atoms with Crippen molar-refractivity contribution < 1.29 is 18.0 Å². The average molecular weight is 494 g/mol. The van der Waals surface area contributed by atoms with Gasteiger partial charge in [-0.3, -0.25) is 9.69 Å². The van der Waals surface area contributed by atoms with Gasteiger partial charge in [-0.1, -0.05) is 41.9 Å². The van der Waals surface area contributed by atoms with Gasteiger partial charge in [0.25, 0.3) is 5.91 Å². The normalized spacial score (nSPS) is 14.3. The number of rotatable bonds is 7. The summed E-state index contributed by atoms with van der Waals surface area (Å²) >= 11 is 7.38. The molecule has 33 heavy (non-hydrogen) atoms. The Morgan fingerprint density at radius 3 is 2.42 bits per heavy atom. The zero-order valence-electron chi connectivity index (χ0n) is 17.8. The van der Waals surface area contributed by atoms with Crippen LogP contribution in [0.4, 0.5) is 13.2 Å². The van der Waals surface area contributed by atoms with Gasteiger partial charge < -0.3 is 4.90 Å². The summed E-state index contributed by atoms with van der Waals surface area (Å²) in [6.07, 6.45) is -2.37. The Balaban J connectivity index is 1.53. The first-order valence-corrected chi connectivity index (χ1v) is 11.9. The molecule has 1 saturated heterocycles. The minimum Gasteiger partial charge on any atom is -0.337 e. The largest absolute Gasteiger partial charge is 0.416 e. The number of hydrogen-bond donors (Lipinski definition) is 0. The molecule has 0 spiro atoms. The second kappa shape index (κ2) is 10.2. The third-order valence-electron chi connectivity index (χ3n) is 5.50. The summed E-state index contributed by atoms with van der Waals surface area (Å²) < 4.78 is 39.5. The Labute approximate surface area is 199 Å². The Kier molecular flexibility index (Phi) is 7.36. The molecule has 2 heterocycles. The van der Waals surface area contributed by atoms with Gasteiger partial charge in [-0.2, -0.15) is 13.2 Å². The molecule has 0 N–H and O–H groups in total. The number of carbonyl (C=O) groups excluding carboxylic acids is 1. The quantitative estimate of drug-likeness (QED) is 0.390. The highest BCUT2D eigenvalue weighted by atomic mass is 35.5. The third kappa shape index (κ3) is 6.34. The van der Waals surface area contributed by atoms with Gasteiger partial charge >= 0.3 is 6.18 Å². The molecule has 0 atom stereocenters. The van der Waals surface area contributed by atoms with E-state index in [-0.39, 0.29) is 5.91 Å². The number of nitrogens with zero attached hydrogens (tertiary/aromatic N) is 3. The van der Waals surface area contributed by atoms with E-state index in [4.69, 9.17) is 11.6 Å². The first-order valence-electron chi connectivity index (χ1n) is 10.6. The molecule has 1 aromatic heterocycles. The van der Waals surface area contributed by atoms with Crippen LogP contribution in [0.3, 0.4) is 0 Å². The maximum absolute atomic E-state index is 13.2. The second-order valence-electron chi connectivity index (χ2n) is 8.10. The summed E-state index contributed by atoms with van der Waals surface area (Å²) in [6.45, 7) is 2.73. The molecule has 1 fully saturated rings. The lowest BCUT2D eigenvalue weighted by atomic mass is 10.1. The van der Waals surface area contributed by atoms with Crippen molar-refractivity contribution in [2.24, 2.45) is 0 Å². The number of aromatic nitrogens is 1. The van der Waals surface area contributed by atoms with Crippen LogP contribution >= 0.6 is 22.9 Å². The molecule has 0 unspecified atom stereocenters. The number of amides is 1. The van der Waals surface area contributed by atoms with Gasteiger partial charge in [-0.05, 0) is 42.2 Å². The molecule has 0 saturated carbocycles.